The number of hydrogen-bond donors (Lipinski definition) is 1. The summed E-state index contributed by atoms with van der Waals surface area (Å²) < 4.78 is 12.2. The fourth-order valence-electron chi connectivity index (χ4n) is 4.06. The Kier molecular flexibility index (Phi) is 5.31. The fraction of sp³-hybridized carbons (Fsp3) is 0.417. The molecule has 0 aliphatic carbocycles. The van der Waals surface area contributed by atoms with Crippen molar-refractivity contribution in [1.82, 2.24) is 4.90 Å². The molecule has 2 aromatic rings. The third-order valence-corrected chi connectivity index (χ3v) is 5.79. The van der Waals surface area contributed by atoms with Crippen LogP contribution in [0.15, 0.2) is 48.0 Å². The van der Waals surface area contributed by atoms with Crippen LogP contribution in [0.5, 0.6) is 17.2 Å². The van der Waals surface area contributed by atoms with E-state index in [2.05, 4.69) is 43.9 Å². The largest absolute Gasteiger partial charge is 0.508 e. The van der Waals surface area contributed by atoms with E-state index in [1.54, 1.807) is 12.1 Å². The lowest BCUT2D eigenvalue weighted by molar-refractivity contribution is 0.169. The van der Waals surface area contributed by atoms with Crippen LogP contribution in [-0.2, 0) is 0 Å². The highest BCUT2D eigenvalue weighted by Gasteiger charge is 2.24. The molecule has 2 aliphatic heterocycles. The quantitative estimate of drug-likeness (QED) is 0.790. The van der Waals surface area contributed by atoms with E-state index < -0.39 is 0 Å². The molecule has 0 aromatic heterocycles. The van der Waals surface area contributed by atoms with Crippen molar-refractivity contribution >= 4 is 6.08 Å². The van der Waals surface area contributed by atoms with E-state index in [4.69, 9.17) is 9.47 Å². The lowest BCUT2D eigenvalue weighted by atomic mass is 9.97. The van der Waals surface area contributed by atoms with Crippen molar-refractivity contribution in [3.05, 3.63) is 59.2 Å². The molecule has 148 valence electrons. The Hall–Kier alpha value is -2.46. The van der Waals surface area contributed by atoms with E-state index in [9.17, 15) is 5.11 Å². The Balaban J connectivity index is 1.39. The summed E-state index contributed by atoms with van der Waals surface area (Å²) in [4.78, 5) is 2.51. The number of fused-ring (bicyclic) bond motifs is 1. The second kappa shape index (κ2) is 7.88. The molecular weight excluding hydrogens is 350 g/mol. The second-order valence-electron chi connectivity index (χ2n) is 8.23. The molecule has 0 saturated carbocycles. The number of phenolic OH excluding ortho intramolecular Hbond substituents is 1. The molecule has 2 aliphatic rings. The van der Waals surface area contributed by atoms with Crippen LogP contribution in [0, 0.1) is 5.92 Å². The second-order valence-corrected chi connectivity index (χ2v) is 8.23. The highest BCUT2D eigenvalue weighted by atomic mass is 16.5. The van der Waals surface area contributed by atoms with Gasteiger partial charge in [0.2, 0.25) is 0 Å². The van der Waals surface area contributed by atoms with Gasteiger partial charge in [-0.1, -0.05) is 19.1 Å². The third-order valence-electron chi connectivity index (χ3n) is 5.79. The van der Waals surface area contributed by atoms with Crippen LogP contribution in [0.25, 0.3) is 6.08 Å². The van der Waals surface area contributed by atoms with Crippen molar-refractivity contribution in [3.8, 4) is 17.2 Å². The number of phenols is 1. The molecule has 0 amide bonds. The van der Waals surface area contributed by atoms with E-state index in [1.807, 2.05) is 18.2 Å². The zero-order valence-electron chi connectivity index (χ0n) is 16.9. The average molecular weight is 380 g/mol. The van der Waals surface area contributed by atoms with Crippen molar-refractivity contribution in [3.63, 3.8) is 0 Å². The summed E-state index contributed by atoms with van der Waals surface area (Å²) in [6.07, 6.45) is 3.25. The maximum Gasteiger partial charge on any atom is 0.145 e. The zero-order chi connectivity index (χ0) is 19.7. The first kappa shape index (κ1) is 18.9. The molecule has 28 heavy (non-hydrogen) atoms. The lowest BCUT2D eigenvalue weighted by Crippen LogP contribution is -2.35. The number of ether oxygens (including phenoxy) is 2. The summed E-state index contributed by atoms with van der Waals surface area (Å²) in [6.45, 7) is 9.67. The van der Waals surface area contributed by atoms with Gasteiger partial charge in [0.1, 0.15) is 30.0 Å². The summed E-state index contributed by atoms with van der Waals surface area (Å²) in [5.41, 5.74) is 3.13. The summed E-state index contributed by atoms with van der Waals surface area (Å²) in [6, 6.07) is 13.8. The molecule has 1 fully saturated rings. The Morgan fingerprint density at radius 1 is 1.21 bits per heavy atom. The third kappa shape index (κ3) is 4.02. The predicted molar refractivity (Wildman–Crippen MR) is 112 cm³/mol. The van der Waals surface area contributed by atoms with Crippen molar-refractivity contribution < 1.29 is 14.6 Å². The van der Waals surface area contributed by atoms with E-state index in [-0.39, 0.29) is 11.9 Å². The standard InChI is InChI=1S/C24H29NO3/c1-16-10-11-25(14-16)18(3)15-27-22-7-4-19(5-8-22)24-17(2)12-20-13-21(26)6-9-23(20)28-24/h4-9,12-13,16,18,24,26H,10-11,14-15H2,1-3H3/t16-,18+,24?/m1/s1. The molecule has 3 atom stereocenters. The van der Waals surface area contributed by atoms with Crippen LogP contribution in [0.3, 0.4) is 0 Å². The first-order valence-corrected chi connectivity index (χ1v) is 10.1. The molecule has 1 unspecified atom stereocenters. The minimum absolute atomic E-state index is 0.115. The van der Waals surface area contributed by atoms with E-state index in [1.165, 1.54) is 19.5 Å². The molecule has 4 nitrogen and oxygen atoms in total. The van der Waals surface area contributed by atoms with Crippen molar-refractivity contribution in [1.29, 1.82) is 0 Å². The van der Waals surface area contributed by atoms with E-state index in [0.29, 0.717) is 12.6 Å². The van der Waals surface area contributed by atoms with Crippen LogP contribution < -0.4 is 9.47 Å². The molecular formula is C24H29NO3. The Morgan fingerprint density at radius 2 is 2.00 bits per heavy atom. The fourth-order valence-corrected chi connectivity index (χ4v) is 4.06. The van der Waals surface area contributed by atoms with Crippen LogP contribution in [0.2, 0.25) is 0 Å². The van der Waals surface area contributed by atoms with Gasteiger partial charge in [0.25, 0.3) is 0 Å². The molecule has 2 heterocycles. The molecule has 1 saturated heterocycles. The predicted octanol–water partition coefficient (Wildman–Crippen LogP) is 5.04. The van der Waals surface area contributed by atoms with Gasteiger partial charge < -0.3 is 14.6 Å². The summed E-state index contributed by atoms with van der Waals surface area (Å²) >= 11 is 0. The van der Waals surface area contributed by atoms with Gasteiger partial charge in [0.05, 0.1) is 0 Å². The van der Waals surface area contributed by atoms with Gasteiger partial charge >= 0.3 is 0 Å². The van der Waals surface area contributed by atoms with Crippen LogP contribution >= 0.6 is 0 Å². The van der Waals surface area contributed by atoms with Gasteiger partial charge in [-0.15, -0.1) is 0 Å². The lowest BCUT2D eigenvalue weighted by Gasteiger charge is -2.26. The van der Waals surface area contributed by atoms with Crippen LogP contribution in [0.1, 0.15) is 44.4 Å². The van der Waals surface area contributed by atoms with Gasteiger partial charge in [-0.2, -0.15) is 0 Å². The highest BCUT2D eigenvalue weighted by molar-refractivity contribution is 5.65. The molecule has 0 spiro atoms. The first-order valence-electron chi connectivity index (χ1n) is 10.1. The van der Waals surface area contributed by atoms with E-state index >= 15 is 0 Å². The average Bonchev–Trinajstić information content (AvgIpc) is 3.12. The van der Waals surface area contributed by atoms with Crippen molar-refractivity contribution in [2.24, 2.45) is 5.92 Å². The van der Waals surface area contributed by atoms with Gasteiger partial charge in [0, 0.05) is 18.2 Å². The minimum Gasteiger partial charge on any atom is -0.508 e. The van der Waals surface area contributed by atoms with Crippen molar-refractivity contribution in [2.45, 2.75) is 39.3 Å². The molecule has 2 aromatic carbocycles. The Bertz CT molecular complexity index is 859. The Labute approximate surface area is 167 Å². The van der Waals surface area contributed by atoms with Crippen LogP contribution in [-0.4, -0.2) is 35.7 Å². The topological polar surface area (TPSA) is 41.9 Å². The minimum atomic E-state index is -0.115. The first-order chi connectivity index (χ1) is 13.5. The monoisotopic (exact) mass is 379 g/mol. The zero-order valence-corrected chi connectivity index (χ0v) is 16.9. The maximum atomic E-state index is 9.66. The molecule has 4 rings (SSSR count). The molecule has 1 N–H and O–H groups in total. The number of nitrogens with zero attached hydrogens (tertiary/aromatic N) is 1. The number of rotatable bonds is 5. The van der Waals surface area contributed by atoms with Gasteiger partial charge in [-0.05, 0) is 80.3 Å². The SMILES string of the molecule is CC1=Cc2cc(O)ccc2OC1c1ccc(OC[C@H](C)N2CC[C@@H](C)C2)cc1. The van der Waals surface area contributed by atoms with Crippen molar-refractivity contribution in [2.75, 3.05) is 19.7 Å². The number of likely N-dealkylation sites (tertiary alicyclic amines) is 1. The van der Waals surface area contributed by atoms with Crippen LogP contribution in [0.4, 0.5) is 0 Å². The number of hydrogen-bond acceptors (Lipinski definition) is 4. The Morgan fingerprint density at radius 3 is 2.71 bits per heavy atom. The molecule has 4 heteroatoms. The molecule has 0 bridgehead atoms. The summed E-state index contributed by atoms with van der Waals surface area (Å²) in [5.74, 6) is 2.74. The van der Waals surface area contributed by atoms with Gasteiger partial charge in [-0.3, -0.25) is 4.90 Å². The maximum absolute atomic E-state index is 9.66. The normalized spacial score (nSPS) is 22.9. The number of benzene rings is 2. The smallest absolute Gasteiger partial charge is 0.145 e. The number of aromatic hydroxyl groups is 1. The molecule has 0 radical (unpaired) electrons. The highest BCUT2D eigenvalue weighted by Crippen LogP contribution is 2.38. The van der Waals surface area contributed by atoms with Gasteiger partial charge in [0.15, 0.2) is 0 Å². The van der Waals surface area contributed by atoms with Gasteiger partial charge in [-0.25, -0.2) is 0 Å². The van der Waals surface area contributed by atoms with E-state index in [0.717, 1.165) is 34.1 Å². The summed E-state index contributed by atoms with van der Waals surface area (Å²) in [5, 5.41) is 9.66. The summed E-state index contributed by atoms with van der Waals surface area (Å²) in [7, 11) is 0.